The van der Waals surface area contributed by atoms with E-state index in [1.54, 1.807) is 18.2 Å². The summed E-state index contributed by atoms with van der Waals surface area (Å²) in [5, 5.41) is 9.70. The minimum absolute atomic E-state index is 0.129. The zero-order valence-corrected chi connectivity index (χ0v) is 25.1. The molecule has 4 atom stereocenters. The van der Waals surface area contributed by atoms with Crippen molar-refractivity contribution in [1.82, 2.24) is 9.80 Å². The second kappa shape index (κ2) is 12.6. The summed E-state index contributed by atoms with van der Waals surface area (Å²) < 4.78 is 13.5. The Hall–Kier alpha value is -4.46. The molecule has 226 valence electrons. The first-order valence-corrected chi connectivity index (χ1v) is 15.1. The number of aromatic carboxylic acids is 1. The maximum absolute atomic E-state index is 15.0. The number of carboxylic acid groups (broad SMARTS) is 1. The topological polar surface area (TPSA) is 79.3 Å². The Balaban J connectivity index is 1.49. The van der Waals surface area contributed by atoms with Gasteiger partial charge in [0.1, 0.15) is 12.2 Å². The average Bonchev–Trinajstić information content (AvgIpc) is 3.33. The highest BCUT2D eigenvalue weighted by Crippen LogP contribution is 2.40. The van der Waals surface area contributed by atoms with Crippen molar-refractivity contribution < 1.29 is 24.2 Å². The third-order valence-corrected chi connectivity index (χ3v) is 8.51. The van der Waals surface area contributed by atoms with Crippen LogP contribution in [0.5, 0.6) is 0 Å². The van der Waals surface area contributed by atoms with Crippen LogP contribution in [0.1, 0.15) is 46.5 Å². The zero-order valence-electron chi connectivity index (χ0n) is 25.1. The lowest BCUT2D eigenvalue weighted by molar-refractivity contribution is -0.157. The third-order valence-electron chi connectivity index (χ3n) is 8.51. The number of hydrogen-bond acceptors (Lipinski definition) is 4. The number of urea groups is 1. The molecule has 2 saturated heterocycles. The summed E-state index contributed by atoms with van der Waals surface area (Å²) in [6.07, 6.45) is 0.330. The first-order chi connectivity index (χ1) is 21.3. The summed E-state index contributed by atoms with van der Waals surface area (Å²) in [5.74, 6) is -1.86. The Morgan fingerprint density at radius 1 is 0.659 bits per heavy atom. The fraction of sp³-hybridized carbons (Fsp3) is 0.297. The molecule has 2 aliphatic rings. The SMILES string of the molecule is CC1(C)O[C@@H]2[C@@H](O1)[C@@H](Cc1ccccc1)N(Cc1cccc(C(=O)O)c1)C(=O)N(Cc1ccccc1)[C@@H]2Cc1ccccc1. The number of hydrogen-bond donors (Lipinski definition) is 1. The molecular formula is C37H38N2O5. The van der Waals surface area contributed by atoms with E-state index in [-0.39, 0.29) is 30.2 Å². The monoisotopic (exact) mass is 590 g/mol. The normalized spacial score (nSPS) is 22.8. The van der Waals surface area contributed by atoms with Gasteiger partial charge in [0.05, 0.1) is 17.6 Å². The van der Waals surface area contributed by atoms with Gasteiger partial charge in [0.25, 0.3) is 0 Å². The van der Waals surface area contributed by atoms with Crippen molar-refractivity contribution in [3.8, 4) is 0 Å². The Morgan fingerprint density at radius 3 is 1.57 bits per heavy atom. The molecule has 7 heteroatoms. The molecule has 0 unspecified atom stereocenters. The molecule has 2 aliphatic heterocycles. The molecule has 1 N–H and O–H groups in total. The van der Waals surface area contributed by atoms with Crippen molar-refractivity contribution in [3.05, 3.63) is 143 Å². The first-order valence-electron chi connectivity index (χ1n) is 15.1. The average molecular weight is 591 g/mol. The number of carbonyl (C=O) groups is 2. The standard InChI is InChI=1S/C37H38N2O5/c1-37(2)43-33-31(22-26-13-6-3-7-14-26)38(24-28-17-10-5-11-18-28)36(42)39(25-29-19-12-20-30(21-29)35(40)41)32(34(33)44-37)23-27-15-8-4-9-16-27/h3-21,31-34H,22-25H2,1-2H3,(H,40,41)/t31-,32-,33+,34+/m1/s1. The second-order valence-electron chi connectivity index (χ2n) is 12.1. The van der Waals surface area contributed by atoms with E-state index >= 15 is 0 Å². The Bertz CT molecular complexity index is 1580. The predicted octanol–water partition coefficient (Wildman–Crippen LogP) is 6.57. The molecule has 44 heavy (non-hydrogen) atoms. The van der Waals surface area contributed by atoms with Crippen molar-refractivity contribution in [2.24, 2.45) is 0 Å². The molecule has 0 saturated carbocycles. The summed E-state index contributed by atoms with van der Waals surface area (Å²) in [4.78, 5) is 30.6. The van der Waals surface area contributed by atoms with Gasteiger partial charge in [-0.05, 0) is 61.1 Å². The summed E-state index contributed by atoms with van der Waals surface area (Å²) in [6.45, 7) is 4.50. The third kappa shape index (κ3) is 6.54. The minimum Gasteiger partial charge on any atom is -0.478 e. The van der Waals surface area contributed by atoms with Crippen molar-refractivity contribution in [2.75, 3.05) is 0 Å². The molecule has 2 heterocycles. The summed E-state index contributed by atoms with van der Waals surface area (Å²) >= 11 is 0. The van der Waals surface area contributed by atoms with E-state index in [0.717, 1.165) is 22.3 Å². The van der Waals surface area contributed by atoms with E-state index in [4.69, 9.17) is 9.47 Å². The Morgan fingerprint density at radius 2 is 1.09 bits per heavy atom. The Kier molecular flexibility index (Phi) is 8.51. The number of amides is 2. The van der Waals surface area contributed by atoms with E-state index in [9.17, 15) is 14.7 Å². The van der Waals surface area contributed by atoms with Gasteiger partial charge < -0.3 is 24.4 Å². The van der Waals surface area contributed by atoms with Gasteiger partial charge in [0.15, 0.2) is 5.79 Å². The molecular weight excluding hydrogens is 552 g/mol. The molecule has 4 aromatic carbocycles. The van der Waals surface area contributed by atoms with Gasteiger partial charge in [-0.1, -0.05) is 103 Å². The van der Waals surface area contributed by atoms with E-state index in [1.807, 2.05) is 96.4 Å². The van der Waals surface area contributed by atoms with E-state index in [2.05, 4.69) is 24.3 Å². The zero-order chi connectivity index (χ0) is 30.7. The van der Waals surface area contributed by atoms with Gasteiger partial charge >= 0.3 is 12.0 Å². The van der Waals surface area contributed by atoms with Gasteiger partial charge in [-0.3, -0.25) is 0 Å². The highest BCUT2D eigenvalue weighted by atomic mass is 16.8. The number of carboxylic acids is 1. The van der Waals surface area contributed by atoms with Crippen LogP contribution in [-0.4, -0.2) is 57.0 Å². The van der Waals surface area contributed by atoms with Gasteiger partial charge in [0.2, 0.25) is 0 Å². The van der Waals surface area contributed by atoms with Crippen molar-refractivity contribution in [2.45, 2.75) is 69.9 Å². The van der Waals surface area contributed by atoms with E-state index in [0.29, 0.717) is 19.4 Å². The number of nitrogens with zero attached hydrogens (tertiary/aromatic N) is 2. The van der Waals surface area contributed by atoms with Crippen LogP contribution < -0.4 is 0 Å². The molecule has 0 spiro atoms. The lowest BCUT2D eigenvalue weighted by atomic mass is 9.91. The highest BCUT2D eigenvalue weighted by molar-refractivity contribution is 5.87. The minimum atomic E-state index is -1.00. The Labute approximate surface area is 258 Å². The number of carbonyl (C=O) groups excluding carboxylic acids is 1. The van der Waals surface area contributed by atoms with E-state index in [1.165, 1.54) is 0 Å². The van der Waals surface area contributed by atoms with Crippen molar-refractivity contribution in [1.29, 1.82) is 0 Å². The fourth-order valence-electron chi connectivity index (χ4n) is 6.53. The van der Waals surface area contributed by atoms with Gasteiger partial charge in [-0.25, -0.2) is 9.59 Å². The molecule has 0 bridgehead atoms. The van der Waals surface area contributed by atoms with Crippen molar-refractivity contribution in [3.63, 3.8) is 0 Å². The summed E-state index contributed by atoms with van der Waals surface area (Å²) in [6, 6.07) is 36.3. The molecule has 4 aromatic rings. The molecule has 2 amide bonds. The highest BCUT2D eigenvalue weighted by Gasteiger charge is 2.55. The van der Waals surface area contributed by atoms with Crippen molar-refractivity contribution >= 4 is 12.0 Å². The lowest BCUT2D eigenvalue weighted by Gasteiger charge is -2.37. The van der Waals surface area contributed by atoms with Gasteiger partial charge in [0, 0.05) is 13.1 Å². The van der Waals surface area contributed by atoms with Crippen LogP contribution in [0, 0.1) is 0 Å². The smallest absolute Gasteiger partial charge is 0.335 e. The van der Waals surface area contributed by atoms with Crippen LogP contribution >= 0.6 is 0 Å². The fourth-order valence-corrected chi connectivity index (χ4v) is 6.53. The predicted molar refractivity (Wildman–Crippen MR) is 168 cm³/mol. The van der Waals surface area contributed by atoms with Gasteiger partial charge in [-0.15, -0.1) is 0 Å². The number of benzene rings is 4. The molecule has 6 rings (SSSR count). The van der Waals surface area contributed by atoms with Crippen LogP contribution in [0.15, 0.2) is 115 Å². The van der Waals surface area contributed by atoms with Crippen LogP contribution in [0.25, 0.3) is 0 Å². The quantitative estimate of drug-likeness (QED) is 0.239. The largest absolute Gasteiger partial charge is 0.478 e. The van der Waals surface area contributed by atoms with Crippen LogP contribution in [0.2, 0.25) is 0 Å². The maximum atomic E-state index is 15.0. The molecule has 0 radical (unpaired) electrons. The maximum Gasteiger partial charge on any atom is 0.335 e. The van der Waals surface area contributed by atoms with Crippen LogP contribution in [-0.2, 0) is 35.4 Å². The van der Waals surface area contributed by atoms with E-state index < -0.39 is 24.0 Å². The number of rotatable bonds is 9. The number of fused-ring (bicyclic) bond motifs is 1. The number of ether oxygens (including phenoxy) is 2. The molecule has 0 aromatic heterocycles. The molecule has 0 aliphatic carbocycles. The molecule has 2 fully saturated rings. The lowest BCUT2D eigenvalue weighted by Crippen LogP contribution is -2.51. The summed E-state index contributed by atoms with van der Waals surface area (Å²) in [5.41, 5.74) is 4.14. The second-order valence-corrected chi connectivity index (χ2v) is 12.1. The first kappa shape index (κ1) is 29.6. The summed E-state index contributed by atoms with van der Waals surface area (Å²) in [7, 11) is 0. The van der Waals surface area contributed by atoms with Gasteiger partial charge in [-0.2, -0.15) is 0 Å². The van der Waals surface area contributed by atoms with Crippen LogP contribution in [0.3, 0.4) is 0 Å². The van der Waals surface area contributed by atoms with Crippen LogP contribution in [0.4, 0.5) is 4.79 Å². The molecule has 7 nitrogen and oxygen atoms in total.